The lowest BCUT2D eigenvalue weighted by atomic mass is 10.1. The second-order valence-corrected chi connectivity index (χ2v) is 6.74. The first-order valence-corrected chi connectivity index (χ1v) is 9.75. The molecule has 1 aromatic carbocycles. The number of halogens is 2. The van der Waals surface area contributed by atoms with Gasteiger partial charge >= 0.3 is 12.6 Å². The highest BCUT2D eigenvalue weighted by molar-refractivity contribution is 7.07. The lowest BCUT2D eigenvalue weighted by Crippen LogP contribution is -2.39. The Morgan fingerprint density at radius 2 is 2.00 bits per heavy atom. The minimum atomic E-state index is -2.96. The van der Waals surface area contributed by atoms with Crippen molar-refractivity contribution in [1.82, 2.24) is 10.2 Å². The Morgan fingerprint density at radius 3 is 2.59 bits per heavy atom. The monoisotopic (exact) mass is 397 g/mol. The summed E-state index contributed by atoms with van der Waals surface area (Å²) in [6.07, 6.45) is 0. The predicted molar refractivity (Wildman–Crippen MR) is 105 cm³/mol. The van der Waals surface area contributed by atoms with Gasteiger partial charge in [0.05, 0.1) is 11.7 Å². The van der Waals surface area contributed by atoms with Crippen molar-refractivity contribution < 1.29 is 18.3 Å². The van der Waals surface area contributed by atoms with Crippen molar-refractivity contribution in [2.24, 2.45) is 0 Å². The maximum absolute atomic E-state index is 12.6. The van der Waals surface area contributed by atoms with Gasteiger partial charge in [-0.15, -0.1) is 0 Å². The van der Waals surface area contributed by atoms with Crippen LogP contribution in [0.5, 0.6) is 5.75 Å². The van der Waals surface area contributed by atoms with Crippen molar-refractivity contribution >= 4 is 23.1 Å². The first-order valence-electron chi connectivity index (χ1n) is 8.81. The lowest BCUT2D eigenvalue weighted by molar-refractivity contribution is -0.0493. The number of alkyl halides is 2. The Balaban J connectivity index is 2.07. The largest absolute Gasteiger partial charge is 0.433 e. The second kappa shape index (κ2) is 10.2. The van der Waals surface area contributed by atoms with E-state index < -0.39 is 12.6 Å². The molecule has 1 unspecified atom stereocenters. The zero-order chi connectivity index (χ0) is 19.8. The number of hydrogen-bond donors (Lipinski definition) is 2. The zero-order valence-electron chi connectivity index (χ0n) is 15.7. The molecule has 27 heavy (non-hydrogen) atoms. The van der Waals surface area contributed by atoms with E-state index in [2.05, 4.69) is 39.5 Å². The van der Waals surface area contributed by atoms with Gasteiger partial charge in [-0.1, -0.05) is 26.0 Å². The average molecular weight is 397 g/mol. The van der Waals surface area contributed by atoms with E-state index in [1.54, 1.807) is 30.4 Å². The Bertz CT molecular complexity index is 722. The Kier molecular flexibility index (Phi) is 7.99. The molecule has 2 aromatic rings. The molecule has 1 aromatic heterocycles. The maximum atomic E-state index is 12.6. The normalized spacial score (nSPS) is 12.3. The van der Waals surface area contributed by atoms with E-state index in [1.165, 1.54) is 6.07 Å². The Hall–Kier alpha value is -2.19. The Labute approximate surface area is 162 Å². The number of aryl methyl sites for hydroxylation is 1. The quantitative estimate of drug-likeness (QED) is 0.635. The van der Waals surface area contributed by atoms with Crippen LogP contribution in [-0.4, -0.2) is 37.2 Å². The second-order valence-electron chi connectivity index (χ2n) is 5.96. The van der Waals surface area contributed by atoms with Crippen LogP contribution in [-0.2, 0) is 0 Å². The fraction of sp³-hybridized carbons (Fsp3) is 0.421. The lowest BCUT2D eigenvalue weighted by Gasteiger charge is -2.29. The van der Waals surface area contributed by atoms with E-state index in [1.807, 2.05) is 11.4 Å². The zero-order valence-corrected chi connectivity index (χ0v) is 16.5. The number of carbonyl (C=O) groups excluding carboxylic acids is 1. The van der Waals surface area contributed by atoms with Gasteiger partial charge in [-0.25, -0.2) is 4.79 Å². The van der Waals surface area contributed by atoms with Crippen LogP contribution in [0.2, 0.25) is 0 Å². The third kappa shape index (κ3) is 5.90. The topological polar surface area (TPSA) is 53.6 Å². The number of anilines is 1. The van der Waals surface area contributed by atoms with Crippen molar-refractivity contribution in [1.29, 1.82) is 0 Å². The molecule has 1 heterocycles. The van der Waals surface area contributed by atoms with Gasteiger partial charge < -0.3 is 15.4 Å². The molecular formula is C19H25F2N3O2S. The minimum Gasteiger partial charge on any atom is -0.433 e. The van der Waals surface area contributed by atoms with Crippen molar-refractivity contribution in [2.75, 3.05) is 25.0 Å². The molecule has 0 aliphatic heterocycles. The van der Waals surface area contributed by atoms with Crippen LogP contribution >= 0.6 is 11.3 Å². The van der Waals surface area contributed by atoms with Crippen LogP contribution in [0, 0.1) is 6.92 Å². The van der Waals surface area contributed by atoms with E-state index in [9.17, 15) is 13.6 Å². The van der Waals surface area contributed by atoms with E-state index >= 15 is 0 Å². The number of ether oxygens (including phenoxy) is 1. The SMILES string of the molecule is CCN(CC)C(CNC(=O)Nc1c(C)cccc1OC(F)F)c1ccsc1. The first-order chi connectivity index (χ1) is 13.0. The van der Waals surface area contributed by atoms with Gasteiger partial charge in [0, 0.05) is 6.54 Å². The van der Waals surface area contributed by atoms with Crippen LogP contribution in [0.4, 0.5) is 19.3 Å². The highest BCUT2D eigenvalue weighted by Crippen LogP contribution is 2.29. The molecule has 0 aliphatic carbocycles. The number of hydrogen-bond acceptors (Lipinski definition) is 4. The summed E-state index contributed by atoms with van der Waals surface area (Å²) in [5.74, 6) is -0.0572. The maximum Gasteiger partial charge on any atom is 0.387 e. The van der Waals surface area contributed by atoms with E-state index in [0.717, 1.165) is 18.7 Å². The number of nitrogens with one attached hydrogen (secondary N) is 2. The summed E-state index contributed by atoms with van der Waals surface area (Å²) in [5.41, 5.74) is 2.02. The van der Waals surface area contributed by atoms with Crippen molar-refractivity contribution in [3.63, 3.8) is 0 Å². The summed E-state index contributed by atoms with van der Waals surface area (Å²) in [7, 11) is 0. The molecule has 0 saturated heterocycles. The van der Waals surface area contributed by atoms with Crippen LogP contribution in [0.25, 0.3) is 0 Å². The summed E-state index contributed by atoms with van der Waals surface area (Å²) in [4.78, 5) is 14.6. The number of thiophene rings is 1. The molecule has 148 valence electrons. The highest BCUT2D eigenvalue weighted by Gasteiger charge is 2.20. The first kappa shape index (κ1) is 21.1. The minimum absolute atomic E-state index is 0.0469. The van der Waals surface area contributed by atoms with E-state index in [0.29, 0.717) is 12.1 Å². The number of nitrogens with zero attached hydrogens (tertiary/aromatic N) is 1. The molecule has 0 saturated carbocycles. The molecule has 5 nitrogen and oxygen atoms in total. The fourth-order valence-corrected chi connectivity index (χ4v) is 3.64. The van der Waals surface area contributed by atoms with Gasteiger partial charge in [0.1, 0.15) is 5.75 Å². The van der Waals surface area contributed by atoms with Gasteiger partial charge in [-0.2, -0.15) is 20.1 Å². The molecule has 2 amide bonds. The smallest absolute Gasteiger partial charge is 0.387 e. The van der Waals surface area contributed by atoms with Crippen LogP contribution < -0.4 is 15.4 Å². The molecule has 0 bridgehead atoms. The number of para-hydroxylation sites is 1. The third-order valence-corrected chi connectivity index (χ3v) is 5.03. The summed E-state index contributed by atoms with van der Waals surface area (Å²) < 4.78 is 29.7. The van der Waals surface area contributed by atoms with Crippen LogP contribution in [0.1, 0.15) is 31.0 Å². The van der Waals surface area contributed by atoms with Gasteiger partial charge in [-0.05, 0) is 54.0 Å². The number of amides is 2. The van der Waals surface area contributed by atoms with Crippen molar-refractivity contribution in [3.8, 4) is 5.75 Å². The van der Waals surface area contributed by atoms with Crippen LogP contribution in [0.3, 0.4) is 0 Å². The standard InChI is InChI=1S/C19H25F2N3O2S/c1-4-24(5-2)15(14-9-10-27-12-14)11-22-19(25)23-17-13(3)7-6-8-16(17)26-18(20)21/h6-10,12,15,18H,4-5,11H2,1-3H3,(H2,22,23,25). The number of urea groups is 1. The Morgan fingerprint density at radius 1 is 1.26 bits per heavy atom. The average Bonchev–Trinajstić information content (AvgIpc) is 3.15. The molecule has 0 spiro atoms. The number of benzene rings is 1. The fourth-order valence-electron chi connectivity index (χ4n) is 2.93. The molecule has 1 atom stereocenters. The summed E-state index contributed by atoms with van der Waals surface area (Å²) >= 11 is 1.61. The van der Waals surface area contributed by atoms with Gasteiger partial charge in [0.15, 0.2) is 0 Å². The van der Waals surface area contributed by atoms with Gasteiger partial charge in [0.25, 0.3) is 0 Å². The molecule has 0 aliphatic rings. The molecule has 2 rings (SSSR count). The predicted octanol–water partition coefficient (Wildman–Crippen LogP) is 4.86. The number of likely N-dealkylation sites (N-methyl/N-ethyl adjacent to an activating group) is 1. The van der Waals surface area contributed by atoms with Crippen molar-refractivity contribution in [3.05, 3.63) is 46.2 Å². The summed E-state index contributed by atoms with van der Waals surface area (Å²) in [6.45, 7) is 5.02. The summed E-state index contributed by atoms with van der Waals surface area (Å²) in [5, 5.41) is 9.56. The van der Waals surface area contributed by atoms with E-state index in [4.69, 9.17) is 0 Å². The third-order valence-electron chi connectivity index (χ3n) is 4.33. The molecule has 8 heteroatoms. The summed E-state index contributed by atoms with van der Waals surface area (Å²) in [6, 6.07) is 6.35. The van der Waals surface area contributed by atoms with Crippen molar-refractivity contribution in [2.45, 2.75) is 33.4 Å². The van der Waals surface area contributed by atoms with Gasteiger partial charge in [-0.3, -0.25) is 4.90 Å². The van der Waals surface area contributed by atoms with Gasteiger partial charge in [0.2, 0.25) is 0 Å². The highest BCUT2D eigenvalue weighted by atomic mass is 32.1. The van der Waals surface area contributed by atoms with Crippen LogP contribution in [0.15, 0.2) is 35.0 Å². The molecule has 0 radical (unpaired) electrons. The molecule has 0 fully saturated rings. The number of carbonyl (C=O) groups is 1. The molecule has 2 N–H and O–H groups in total. The molecular weight excluding hydrogens is 372 g/mol. The van der Waals surface area contributed by atoms with E-state index in [-0.39, 0.29) is 17.5 Å². The number of rotatable bonds is 9.